The summed E-state index contributed by atoms with van der Waals surface area (Å²) >= 11 is 0. The van der Waals surface area contributed by atoms with Crippen LogP contribution < -0.4 is 25.6 Å². The Kier molecular flexibility index (Phi) is 5.45. The molecule has 14 rings (SSSR count). The maximum atomic E-state index is 10.1. The summed E-state index contributed by atoms with van der Waals surface area (Å²) < 4.78 is 38.9. The number of hydrogen-bond donors (Lipinski definition) is 0. The predicted octanol–water partition coefficient (Wildman–Crippen LogP) is 11.5. The fourth-order valence-electron chi connectivity index (χ4n) is 12.5. The van der Waals surface area contributed by atoms with Gasteiger partial charge in [-0.3, -0.25) is 0 Å². The molecule has 0 fully saturated rings. The van der Waals surface area contributed by atoms with Crippen molar-refractivity contribution in [1.29, 1.82) is 0 Å². The fourth-order valence-corrected chi connectivity index (χ4v) is 18.1. The number of anilines is 3. The number of rotatable bonds is 1. The molecule has 1 nitrogen and oxygen atoms in total. The molecule has 0 bridgehead atoms. The second-order valence-electron chi connectivity index (χ2n) is 17.6. The Balaban J connectivity index is 1.15. The lowest BCUT2D eigenvalue weighted by Gasteiger charge is -2.46. The zero-order chi connectivity index (χ0) is 43.0. The Morgan fingerprint density at radius 3 is 1.47 bits per heavy atom. The molecule has 0 N–H and O–H groups in total. The third kappa shape index (κ3) is 3.65. The minimum atomic E-state index is -2.86. The summed E-state index contributed by atoms with van der Waals surface area (Å²) in [5.74, 6) is 0. The van der Waals surface area contributed by atoms with Crippen LogP contribution >= 0.6 is 0 Å². The molecule has 0 amide bonds. The summed E-state index contributed by atoms with van der Waals surface area (Å²) in [6.07, 6.45) is 0. The Morgan fingerprint density at radius 2 is 0.867 bits per heavy atom. The highest BCUT2D eigenvalue weighted by atomic mass is 28.3. The van der Waals surface area contributed by atoms with Gasteiger partial charge in [0.15, 0.2) is 8.07 Å². The van der Waals surface area contributed by atoms with E-state index in [-0.39, 0.29) is 29.6 Å². The molecule has 3 aliphatic heterocycles. The minimum absolute atomic E-state index is 0.0163. The summed E-state index contributed by atoms with van der Waals surface area (Å²) in [4.78, 5) is 2.22. The van der Waals surface area contributed by atoms with Crippen molar-refractivity contribution in [2.75, 3.05) is 4.90 Å². The number of nitrogens with zero attached hydrogens (tertiary/aromatic N) is 1. The number of fused-ring (bicyclic) bond motifs is 22. The summed E-state index contributed by atoms with van der Waals surface area (Å²) in [7, 11) is -2.86. The minimum Gasteiger partial charge on any atom is -0.310 e. The third-order valence-corrected chi connectivity index (χ3v) is 19.8. The lowest BCUT2D eigenvalue weighted by molar-refractivity contribution is 0.658. The molecule has 2 heteroatoms. The first-order valence-electron chi connectivity index (χ1n) is 23.0. The van der Waals surface area contributed by atoms with Gasteiger partial charge in [0.25, 0.3) is 0 Å². The van der Waals surface area contributed by atoms with Crippen LogP contribution in [0.25, 0.3) is 44.5 Å². The van der Waals surface area contributed by atoms with Crippen molar-refractivity contribution in [3.63, 3.8) is 0 Å². The van der Waals surface area contributed by atoms with E-state index in [0.29, 0.717) is 11.3 Å². The Hall–Kier alpha value is -7.00. The third-order valence-electron chi connectivity index (χ3n) is 14.8. The molecule has 0 saturated carbocycles. The van der Waals surface area contributed by atoms with Crippen molar-refractivity contribution >= 4 is 45.9 Å². The van der Waals surface area contributed by atoms with E-state index < -0.39 is 13.5 Å². The van der Waals surface area contributed by atoms with E-state index in [1.165, 1.54) is 65.3 Å². The van der Waals surface area contributed by atoms with Gasteiger partial charge in [0.05, 0.1) is 22.3 Å². The molecule has 60 heavy (non-hydrogen) atoms. The number of benzene rings is 9. The largest absolute Gasteiger partial charge is 0.310 e. The Labute approximate surface area is 357 Å². The number of para-hydroxylation sites is 1. The monoisotopic (exact) mass is 781 g/mol. The van der Waals surface area contributed by atoms with Crippen molar-refractivity contribution in [2.45, 2.75) is 24.7 Å². The van der Waals surface area contributed by atoms with Crippen LogP contribution in [-0.4, -0.2) is 8.07 Å². The van der Waals surface area contributed by atoms with Crippen LogP contribution in [-0.2, 0) is 10.8 Å². The van der Waals surface area contributed by atoms with Crippen molar-refractivity contribution in [1.82, 2.24) is 0 Å². The molecule has 2 aliphatic carbocycles. The highest BCUT2D eigenvalue weighted by Gasteiger charge is 2.56. The molecule has 0 aromatic heterocycles. The molecular formula is C58H39NSi. The Bertz CT molecular complexity index is 3520. The molecule has 0 unspecified atom stereocenters. The molecule has 5 aliphatic rings. The van der Waals surface area contributed by atoms with Gasteiger partial charge in [-0.25, -0.2) is 0 Å². The van der Waals surface area contributed by atoms with Crippen LogP contribution in [0.5, 0.6) is 0 Å². The standard InChI is InChI=1S/C58H39NSi/c1-57(2)45-23-9-3-19-39(45)44-34-50-52(35-49(44)57)59(51-27-13-12-26-48(51)58(50)46-24-10-4-17-37(46)38-18-5-11-25-47(38)58)36-31-32-43-42-22-8-16-30-55(42)60(56(43)33-36)53-28-14-6-20-40(53)41-21-7-15-29-54(41)60/h3-35H,1-2H3/i12D,13D,26D,27D. The molecule has 9 aromatic rings. The van der Waals surface area contributed by atoms with E-state index in [1.807, 2.05) is 0 Å². The average molecular weight is 782 g/mol. The first-order valence-corrected chi connectivity index (χ1v) is 23.0. The summed E-state index contributed by atoms with van der Waals surface area (Å²) in [5, 5.41) is 5.46. The van der Waals surface area contributed by atoms with E-state index in [1.54, 1.807) is 0 Å². The first-order chi connectivity index (χ1) is 31.2. The summed E-state index contributed by atoms with van der Waals surface area (Å²) in [6, 6.07) is 63.8. The van der Waals surface area contributed by atoms with E-state index in [4.69, 9.17) is 0 Å². The topological polar surface area (TPSA) is 3.24 Å². The maximum Gasteiger partial charge on any atom is 0.182 e. The van der Waals surface area contributed by atoms with Crippen molar-refractivity contribution in [3.8, 4) is 44.5 Å². The summed E-state index contributed by atoms with van der Waals surface area (Å²) in [6.45, 7) is 4.62. The van der Waals surface area contributed by atoms with E-state index >= 15 is 0 Å². The molecule has 280 valence electrons. The van der Waals surface area contributed by atoms with E-state index in [0.717, 1.165) is 39.2 Å². The van der Waals surface area contributed by atoms with Gasteiger partial charge >= 0.3 is 0 Å². The van der Waals surface area contributed by atoms with Crippen LogP contribution in [0.4, 0.5) is 17.1 Å². The van der Waals surface area contributed by atoms with Crippen molar-refractivity contribution in [2.24, 2.45) is 0 Å². The van der Waals surface area contributed by atoms with Gasteiger partial charge in [0, 0.05) is 11.1 Å². The van der Waals surface area contributed by atoms with Crippen LogP contribution in [0, 0.1) is 0 Å². The first kappa shape index (κ1) is 29.2. The highest BCUT2D eigenvalue weighted by Crippen LogP contribution is 2.65. The molecule has 0 atom stereocenters. The fraction of sp³-hybridized carbons (Fsp3) is 0.0690. The van der Waals surface area contributed by atoms with Crippen molar-refractivity contribution < 1.29 is 5.48 Å². The normalized spacial score (nSPS) is 17.1. The van der Waals surface area contributed by atoms with Gasteiger partial charge < -0.3 is 4.90 Å². The van der Waals surface area contributed by atoms with Gasteiger partial charge in [-0.05, 0) is 129 Å². The number of hydrogen-bond acceptors (Lipinski definition) is 1. The zero-order valence-electron chi connectivity index (χ0n) is 37.2. The van der Waals surface area contributed by atoms with E-state index in [2.05, 4.69) is 195 Å². The molecule has 0 radical (unpaired) electrons. The van der Waals surface area contributed by atoms with Crippen molar-refractivity contribution in [3.05, 3.63) is 233 Å². The molecule has 9 aromatic carbocycles. The van der Waals surface area contributed by atoms with Crippen LogP contribution in [0.2, 0.25) is 0 Å². The molecule has 2 spiro atoms. The summed E-state index contributed by atoms with van der Waals surface area (Å²) in [5.41, 5.74) is 16.7. The van der Waals surface area contributed by atoms with Crippen LogP contribution in [0.15, 0.2) is 200 Å². The van der Waals surface area contributed by atoms with E-state index in [9.17, 15) is 5.48 Å². The lowest BCUT2D eigenvalue weighted by Crippen LogP contribution is -2.70. The smallest absolute Gasteiger partial charge is 0.182 e. The molecule has 3 heterocycles. The Morgan fingerprint density at radius 1 is 0.383 bits per heavy atom. The van der Waals surface area contributed by atoms with Gasteiger partial charge in [-0.2, -0.15) is 0 Å². The zero-order valence-corrected chi connectivity index (χ0v) is 34.2. The quantitative estimate of drug-likeness (QED) is 0.150. The van der Waals surface area contributed by atoms with Gasteiger partial charge in [0.1, 0.15) is 0 Å². The SMILES string of the molecule is [2H]c1c([2H])c([2H])c2c(c1[2H])N(c1ccc3c(c1)[Si]1(c4ccccc4-c4ccccc41)c1ccccc1-3)c1cc3c(cc1C21c2ccccc2-c2ccccc21)-c1ccccc1C3(C)C. The van der Waals surface area contributed by atoms with Gasteiger partial charge in [-0.1, -0.05) is 184 Å². The van der Waals surface area contributed by atoms with Crippen LogP contribution in [0.3, 0.4) is 0 Å². The second-order valence-corrected chi connectivity index (χ2v) is 21.3. The lowest BCUT2D eigenvalue weighted by atomic mass is 9.64. The second kappa shape index (κ2) is 11.2. The maximum absolute atomic E-state index is 10.1. The predicted molar refractivity (Wildman–Crippen MR) is 251 cm³/mol. The van der Waals surface area contributed by atoms with Crippen LogP contribution in [0.1, 0.15) is 52.7 Å². The average Bonchev–Trinajstić information content (AvgIpc) is 3.98. The highest BCUT2D eigenvalue weighted by molar-refractivity contribution is 7.24. The molecular weight excluding hydrogens is 739 g/mol. The van der Waals surface area contributed by atoms with Gasteiger partial charge in [-0.15, -0.1) is 0 Å². The molecule has 0 saturated heterocycles. The van der Waals surface area contributed by atoms with Gasteiger partial charge in [0.2, 0.25) is 0 Å².